The molecule has 0 aliphatic carbocycles. The highest BCUT2D eigenvalue weighted by Crippen LogP contribution is 2.21. The predicted molar refractivity (Wildman–Crippen MR) is 115 cm³/mol. The fourth-order valence-electron chi connectivity index (χ4n) is 2.64. The van der Waals surface area contributed by atoms with Crippen molar-refractivity contribution in [1.82, 2.24) is 5.43 Å². The fraction of sp³-hybridized carbons (Fsp3) is 0.250. The van der Waals surface area contributed by atoms with Gasteiger partial charge in [-0.05, 0) is 66.9 Å². The third-order valence-corrected chi connectivity index (χ3v) is 4.99. The second kappa shape index (κ2) is 9.88. The minimum absolute atomic E-state index is 0.221. The van der Waals surface area contributed by atoms with Crippen LogP contribution in [0, 0.1) is 13.8 Å². The number of aryl methyl sites for hydroxylation is 2. The maximum Gasteiger partial charge on any atom is 0.260 e. The van der Waals surface area contributed by atoms with E-state index in [2.05, 4.69) is 10.5 Å². The molecule has 160 valence electrons. The van der Waals surface area contributed by atoms with Crippen LogP contribution in [0.2, 0.25) is 0 Å². The summed E-state index contributed by atoms with van der Waals surface area (Å²) >= 11 is 0. The highest BCUT2D eigenvalue weighted by molar-refractivity contribution is 7.92. The average Bonchev–Trinajstić information content (AvgIpc) is 2.63. The van der Waals surface area contributed by atoms with Gasteiger partial charge in [0.25, 0.3) is 11.8 Å². The predicted octanol–water partition coefficient (Wildman–Crippen LogP) is 1.08. The molecule has 0 saturated heterocycles. The molecular weight excluding hydrogens is 408 g/mol. The number of ether oxygens (including phenoxy) is 1. The zero-order chi connectivity index (χ0) is 22.3. The van der Waals surface area contributed by atoms with E-state index in [0.717, 1.165) is 21.7 Å². The van der Waals surface area contributed by atoms with Gasteiger partial charge in [0.15, 0.2) is 6.61 Å². The van der Waals surface area contributed by atoms with Gasteiger partial charge in [-0.15, -0.1) is 0 Å². The number of hydrogen-bond donors (Lipinski definition) is 2. The second-order valence-corrected chi connectivity index (χ2v) is 8.64. The van der Waals surface area contributed by atoms with Crippen LogP contribution in [-0.4, -0.2) is 45.9 Å². The van der Waals surface area contributed by atoms with Crippen LogP contribution in [-0.2, 0) is 19.6 Å². The van der Waals surface area contributed by atoms with Crippen LogP contribution < -0.4 is 20.2 Å². The number of primary amides is 1. The Kier molecular flexibility index (Phi) is 7.54. The van der Waals surface area contributed by atoms with Crippen LogP contribution in [0.4, 0.5) is 5.69 Å². The molecule has 0 aliphatic heterocycles. The van der Waals surface area contributed by atoms with E-state index in [0.29, 0.717) is 17.0 Å². The summed E-state index contributed by atoms with van der Waals surface area (Å²) in [4.78, 5) is 22.9. The Labute approximate surface area is 175 Å². The molecular formula is C20H24N4O5S. The van der Waals surface area contributed by atoms with Crippen molar-refractivity contribution in [1.29, 1.82) is 0 Å². The Morgan fingerprint density at radius 2 is 1.73 bits per heavy atom. The molecule has 2 rings (SSSR count). The Bertz CT molecular complexity index is 1030. The number of rotatable bonds is 9. The van der Waals surface area contributed by atoms with E-state index in [1.165, 1.54) is 6.21 Å². The Morgan fingerprint density at radius 3 is 2.27 bits per heavy atom. The number of anilines is 1. The van der Waals surface area contributed by atoms with Gasteiger partial charge in [0, 0.05) is 0 Å². The van der Waals surface area contributed by atoms with Gasteiger partial charge in [0.2, 0.25) is 10.0 Å². The summed E-state index contributed by atoms with van der Waals surface area (Å²) in [5, 5.41) is 3.85. The van der Waals surface area contributed by atoms with Crippen LogP contribution in [0.5, 0.6) is 5.75 Å². The molecule has 0 aliphatic rings. The van der Waals surface area contributed by atoms with E-state index in [9.17, 15) is 18.0 Å². The van der Waals surface area contributed by atoms with Gasteiger partial charge in [-0.3, -0.25) is 13.9 Å². The van der Waals surface area contributed by atoms with E-state index < -0.39 is 28.4 Å². The van der Waals surface area contributed by atoms with Crippen LogP contribution in [0.3, 0.4) is 0 Å². The fourth-order valence-corrected chi connectivity index (χ4v) is 3.48. The summed E-state index contributed by atoms with van der Waals surface area (Å²) in [7, 11) is -3.67. The van der Waals surface area contributed by atoms with Crippen LogP contribution in [0.15, 0.2) is 47.6 Å². The summed E-state index contributed by atoms with van der Waals surface area (Å²) in [6.07, 6.45) is 2.44. The molecule has 3 N–H and O–H groups in total. The molecule has 0 fully saturated rings. The molecule has 30 heavy (non-hydrogen) atoms. The Hall–Kier alpha value is -3.40. The summed E-state index contributed by atoms with van der Waals surface area (Å²) in [6.45, 7) is 3.08. The van der Waals surface area contributed by atoms with Crippen molar-refractivity contribution >= 4 is 33.7 Å². The topological polar surface area (TPSA) is 131 Å². The standard InChI is InChI=1S/C20H24N4O5S/c1-14-8-15(2)10-17(9-14)24(30(3,27)28)12-20(26)23-22-11-16-4-6-18(7-5-16)29-13-19(21)25/h4-11H,12-13H2,1-3H3,(H2,21,25)(H,23,26)/b22-11-. The molecule has 10 heteroatoms. The molecule has 0 aromatic heterocycles. The molecule has 2 aromatic rings. The lowest BCUT2D eigenvalue weighted by atomic mass is 10.1. The van der Waals surface area contributed by atoms with Crippen molar-refractivity contribution in [3.63, 3.8) is 0 Å². The van der Waals surface area contributed by atoms with Crippen LogP contribution in [0.25, 0.3) is 0 Å². The minimum atomic E-state index is -3.67. The summed E-state index contributed by atoms with van der Waals surface area (Å²) in [5.41, 5.74) is 10.2. The molecule has 0 bridgehead atoms. The number of hydrogen-bond acceptors (Lipinski definition) is 6. The molecule has 0 unspecified atom stereocenters. The zero-order valence-corrected chi connectivity index (χ0v) is 17.8. The number of amides is 2. The van der Waals surface area contributed by atoms with Gasteiger partial charge in [0.05, 0.1) is 18.2 Å². The maximum atomic E-state index is 12.2. The molecule has 0 spiro atoms. The van der Waals surface area contributed by atoms with E-state index in [1.54, 1.807) is 36.4 Å². The number of nitrogens with one attached hydrogen (secondary N) is 1. The van der Waals surface area contributed by atoms with E-state index in [-0.39, 0.29) is 6.61 Å². The maximum absolute atomic E-state index is 12.2. The van der Waals surface area contributed by atoms with Crippen LogP contribution in [0.1, 0.15) is 16.7 Å². The number of carbonyl (C=O) groups is 2. The van der Waals surface area contributed by atoms with E-state index in [1.807, 2.05) is 19.9 Å². The average molecular weight is 433 g/mol. The van der Waals surface area contributed by atoms with Crippen molar-refractivity contribution < 1.29 is 22.7 Å². The number of sulfonamides is 1. The summed E-state index contributed by atoms with van der Waals surface area (Å²) in [5.74, 6) is -0.697. The molecule has 0 heterocycles. The van der Waals surface area contributed by atoms with Crippen LogP contribution >= 0.6 is 0 Å². The van der Waals surface area contributed by atoms with Gasteiger partial charge >= 0.3 is 0 Å². The highest BCUT2D eigenvalue weighted by atomic mass is 32.2. The lowest BCUT2D eigenvalue weighted by Gasteiger charge is -2.22. The second-order valence-electron chi connectivity index (χ2n) is 6.73. The molecule has 9 nitrogen and oxygen atoms in total. The number of hydrazone groups is 1. The lowest BCUT2D eigenvalue weighted by molar-refractivity contribution is -0.120. The first-order valence-corrected chi connectivity index (χ1v) is 10.8. The summed E-state index contributed by atoms with van der Waals surface area (Å²) in [6, 6.07) is 11.9. The minimum Gasteiger partial charge on any atom is -0.484 e. The number of carbonyl (C=O) groups excluding carboxylic acids is 2. The highest BCUT2D eigenvalue weighted by Gasteiger charge is 2.21. The third-order valence-electron chi connectivity index (χ3n) is 3.85. The van der Waals surface area contributed by atoms with Gasteiger partial charge < -0.3 is 10.5 Å². The van der Waals surface area contributed by atoms with Gasteiger partial charge in [-0.1, -0.05) is 6.07 Å². The van der Waals surface area contributed by atoms with E-state index in [4.69, 9.17) is 10.5 Å². The molecule has 2 aromatic carbocycles. The number of nitrogens with two attached hydrogens (primary N) is 1. The first kappa shape index (κ1) is 22.9. The number of nitrogens with zero attached hydrogens (tertiary/aromatic N) is 2. The molecule has 0 radical (unpaired) electrons. The smallest absolute Gasteiger partial charge is 0.260 e. The van der Waals surface area contributed by atoms with Gasteiger partial charge in [0.1, 0.15) is 12.3 Å². The first-order chi connectivity index (χ1) is 14.0. The van der Waals surface area contributed by atoms with Gasteiger partial charge in [-0.25, -0.2) is 13.8 Å². The quantitative estimate of drug-likeness (QED) is 0.452. The lowest BCUT2D eigenvalue weighted by Crippen LogP contribution is -2.39. The van der Waals surface area contributed by atoms with Crippen molar-refractivity contribution in [3.05, 3.63) is 59.2 Å². The van der Waals surface area contributed by atoms with E-state index >= 15 is 0 Å². The Balaban J connectivity index is 2.01. The molecule has 0 atom stereocenters. The zero-order valence-electron chi connectivity index (χ0n) is 17.0. The van der Waals surface area contributed by atoms with Crippen molar-refractivity contribution in [2.24, 2.45) is 10.8 Å². The third kappa shape index (κ3) is 7.21. The van der Waals surface area contributed by atoms with Crippen molar-refractivity contribution in [2.75, 3.05) is 23.7 Å². The van der Waals surface area contributed by atoms with Crippen molar-refractivity contribution in [2.45, 2.75) is 13.8 Å². The first-order valence-electron chi connectivity index (χ1n) is 8.93. The molecule has 0 saturated carbocycles. The number of benzene rings is 2. The Morgan fingerprint density at radius 1 is 1.13 bits per heavy atom. The van der Waals surface area contributed by atoms with Gasteiger partial charge in [-0.2, -0.15) is 5.10 Å². The largest absolute Gasteiger partial charge is 0.484 e. The summed E-state index contributed by atoms with van der Waals surface area (Å²) < 4.78 is 30.5. The van der Waals surface area contributed by atoms with Crippen molar-refractivity contribution in [3.8, 4) is 5.75 Å². The molecule has 2 amide bonds. The normalized spacial score (nSPS) is 11.3. The monoisotopic (exact) mass is 432 g/mol. The SMILES string of the molecule is Cc1cc(C)cc(N(CC(=O)N/N=C\c2ccc(OCC(N)=O)cc2)S(C)(=O)=O)c1.